The van der Waals surface area contributed by atoms with Crippen LogP contribution in [0.25, 0.3) is 0 Å². The van der Waals surface area contributed by atoms with E-state index in [4.69, 9.17) is 10.9 Å². The molecule has 0 bridgehead atoms. The third-order valence-corrected chi connectivity index (χ3v) is 3.91. The maximum absolute atomic E-state index is 12.2. The highest BCUT2D eigenvalue weighted by Gasteiger charge is 2.39. The quantitative estimate of drug-likeness (QED) is 0.295. The smallest absolute Gasteiger partial charge is 0.226 e. The predicted molar refractivity (Wildman–Crippen MR) is 66.8 cm³/mol. The summed E-state index contributed by atoms with van der Waals surface area (Å²) in [6.45, 7) is 4.32. The lowest BCUT2D eigenvalue weighted by atomic mass is 9.82. The summed E-state index contributed by atoms with van der Waals surface area (Å²) in [5.74, 6) is 0.136. The highest BCUT2D eigenvalue weighted by Crippen LogP contribution is 2.41. The molecule has 0 saturated heterocycles. The van der Waals surface area contributed by atoms with Crippen molar-refractivity contribution in [2.45, 2.75) is 46.0 Å². The van der Waals surface area contributed by atoms with Crippen molar-refractivity contribution in [1.82, 2.24) is 5.32 Å². The van der Waals surface area contributed by atoms with Crippen LogP contribution in [0.3, 0.4) is 0 Å². The van der Waals surface area contributed by atoms with Crippen LogP contribution in [0, 0.1) is 11.3 Å². The summed E-state index contributed by atoms with van der Waals surface area (Å²) < 4.78 is 0. The molecule has 1 saturated carbocycles. The lowest BCUT2D eigenvalue weighted by Gasteiger charge is -2.26. The topological polar surface area (TPSA) is 87.7 Å². The Morgan fingerprint density at radius 2 is 2.12 bits per heavy atom. The SMILES string of the molecule is CCC1(C(=O)NCC(C)C(N)=NO)CCCC1. The number of rotatable bonds is 5. The summed E-state index contributed by atoms with van der Waals surface area (Å²) in [6.07, 6.45) is 5.12. The van der Waals surface area contributed by atoms with Crippen molar-refractivity contribution in [3.8, 4) is 0 Å². The van der Waals surface area contributed by atoms with Gasteiger partial charge in [0.15, 0.2) is 0 Å². The zero-order valence-electron chi connectivity index (χ0n) is 10.7. The van der Waals surface area contributed by atoms with Crippen molar-refractivity contribution >= 4 is 11.7 Å². The van der Waals surface area contributed by atoms with Crippen LogP contribution in [0.5, 0.6) is 0 Å². The molecule has 0 aromatic carbocycles. The Labute approximate surface area is 102 Å². The second kappa shape index (κ2) is 5.89. The van der Waals surface area contributed by atoms with E-state index in [0.717, 1.165) is 32.1 Å². The molecule has 0 aromatic rings. The van der Waals surface area contributed by atoms with E-state index in [1.165, 1.54) is 0 Å². The van der Waals surface area contributed by atoms with Gasteiger partial charge in [-0.1, -0.05) is 31.8 Å². The molecule has 1 rings (SSSR count). The maximum Gasteiger partial charge on any atom is 0.226 e. The van der Waals surface area contributed by atoms with Gasteiger partial charge in [-0.2, -0.15) is 0 Å². The molecule has 1 unspecified atom stereocenters. The summed E-state index contributed by atoms with van der Waals surface area (Å²) in [5, 5.41) is 14.4. The van der Waals surface area contributed by atoms with Gasteiger partial charge in [-0.3, -0.25) is 4.79 Å². The summed E-state index contributed by atoms with van der Waals surface area (Å²) >= 11 is 0. The minimum absolute atomic E-state index is 0.120. The molecule has 5 nitrogen and oxygen atoms in total. The number of nitrogens with zero attached hydrogens (tertiary/aromatic N) is 1. The Morgan fingerprint density at radius 1 is 1.53 bits per heavy atom. The van der Waals surface area contributed by atoms with Gasteiger partial charge in [-0.25, -0.2) is 0 Å². The van der Waals surface area contributed by atoms with E-state index in [1.54, 1.807) is 0 Å². The van der Waals surface area contributed by atoms with Crippen LogP contribution >= 0.6 is 0 Å². The Kier molecular flexibility index (Phi) is 4.78. The van der Waals surface area contributed by atoms with Gasteiger partial charge < -0.3 is 16.3 Å². The lowest BCUT2D eigenvalue weighted by molar-refractivity contribution is -0.131. The van der Waals surface area contributed by atoms with E-state index in [2.05, 4.69) is 17.4 Å². The fourth-order valence-electron chi connectivity index (χ4n) is 2.43. The Hall–Kier alpha value is -1.26. The number of amidine groups is 1. The van der Waals surface area contributed by atoms with Gasteiger partial charge in [0.2, 0.25) is 5.91 Å². The first-order valence-corrected chi connectivity index (χ1v) is 6.31. The molecule has 17 heavy (non-hydrogen) atoms. The number of oxime groups is 1. The van der Waals surface area contributed by atoms with Crippen LogP contribution in [0.2, 0.25) is 0 Å². The Bertz CT molecular complexity index is 296. The van der Waals surface area contributed by atoms with Crippen molar-refractivity contribution < 1.29 is 10.0 Å². The van der Waals surface area contributed by atoms with Crippen LogP contribution in [0.4, 0.5) is 0 Å². The van der Waals surface area contributed by atoms with E-state index in [1.807, 2.05) is 6.92 Å². The molecule has 0 radical (unpaired) electrons. The molecule has 5 heteroatoms. The van der Waals surface area contributed by atoms with E-state index < -0.39 is 0 Å². The minimum atomic E-state index is -0.176. The number of nitrogens with two attached hydrogens (primary N) is 1. The highest BCUT2D eigenvalue weighted by atomic mass is 16.4. The van der Waals surface area contributed by atoms with Crippen LogP contribution in [0.15, 0.2) is 5.16 Å². The third kappa shape index (κ3) is 3.11. The third-order valence-electron chi connectivity index (χ3n) is 3.91. The average Bonchev–Trinajstić information content (AvgIpc) is 2.84. The molecule has 0 spiro atoms. The van der Waals surface area contributed by atoms with Crippen molar-refractivity contribution in [3.63, 3.8) is 0 Å². The van der Waals surface area contributed by atoms with E-state index in [0.29, 0.717) is 6.54 Å². The fourth-order valence-corrected chi connectivity index (χ4v) is 2.43. The number of nitrogens with one attached hydrogen (secondary N) is 1. The average molecular weight is 241 g/mol. The van der Waals surface area contributed by atoms with E-state index >= 15 is 0 Å². The van der Waals surface area contributed by atoms with Crippen LogP contribution < -0.4 is 11.1 Å². The number of hydrogen-bond donors (Lipinski definition) is 3. The molecule has 1 aliphatic carbocycles. The Balaban J connectivity index is 2.49. The molecule has 98 valence electrons. The van der Waals surface area contributed by atoms with Crippen molar-refractivity contribution in [3.05, 3.63) is 0 Å². The molecule has 1 aliphatic rings. The number of carbonyl (C=O) groups is 1. The number of hydrogen-bond acceptors (Lipinski definition) is 3. The van der Waals surface area contributed by atoms with E-state index in [-0.39, 0.29) is 23.1 Å². The van der Waals surface area contributed by atoms with Crippen molar-refractivity contribution in [2.24, 2.45) is 22.2 Å². The second-order valence-electron chi connectivity index (χ2n) is 4.98. The first-order chi connectivity index (χ1) is 8.05. The monoisotopic (exact) mass is 241 g/mol. The van der Waals surface area contributed by atoms with Crippen LogP contribution in [-0.4, -0.2) is 23.5 Å². The molecular weight excluding hydrogens is 218 g/mol. The summed E-state index contributed by atoms with van der Waals surface area (Å²) in [6, 6.07) is 0. The number of carbonyl (C=O) groups excluding carboxylic acids is 1. The van der Waals surface area contributed by atoms with Crippen LogP contribution in [0.1, 0.15) is 46.0 Å². The molecule has 0 heterocycles. The molecule has 0 aliphatic heterocycles. The standard InChI is InChI=1S/C12H23N3O2/c1-3-12(6-4-5-7-12)11(16)14-8-9(2)10(13)15-17/h9,17H,3-8H2,1-2H3,(H2,13,15)(H,14,16). The second-order valence-corrected chi connectivity index (χ2v) is 4.98. The maximum atomic E-state index is 12.2. The molecule has 1 amide bonds. The summed E-state index contributed by atoms with van der Waals surface area (Å²) in [7, 11) is 0. The number of amides is 1. The fraction of sp³-hybridized carbons (Fsp3) is 0.833. The van der Waals surface area contributed by atoms with Crippen LogP contribution in [-0.2, 0) is 4.79 Å². The molecule has 4 N–H and O–H groups in total. The largest absolute Gasteiger partial charge is 0.409 e. The summed E-state index contributed by atoms with van der Waals surface area (Å²) in [5.41, 5.74) is 5.29. The van der Waals surface area contributed by atoms with Gasteiger partial charge in [0.1, 0.15) is 5.84 Å². The van der Waals surface area contributed by atoms with Gasteiger partial charge in [-0.05, 0) is 19.3 Å². The predicted octanol–water partition coefficient (Wildman–Crippen LogP) is 1.46. The summed E-state index contributed by atoms with van der Waals surface area (Å²) in [4.78, 5) is 12.2. The molecular formula is C12H23N3O2. The lowest BCUT2D eigenvalue weighted by Crippen LogP contribution is -2.42. The van der Waals surface area contributed by atoms with Gasteiger partial charge in [0.25, 0.3) is 0 Å². The highest BCUT2D eigenvalue weighted by molar-refractivity contribution is 5.85. The molecule has 0 aromatic heterocycles. The zero-order valence-corrected chi connectivity index (χ0v) is 10.7. The van der Waals surface area contributed by atoms with Gasteiger partial charge in [0.05, 0.1) is 0 Å². The van der Waals surface area contributed by atoms with Crippen molar-refractivity contribution in [1.29, 1.82) is 0 Å². The zero-order chi connectivity index (χ0) is 12.9. The Morgan fingerprint density at radius 3 is 2.59 bits per heavy atom. The van der Waals surface area contributed by atoms with E-state index in [9.17, 15) is 4.79 Å². The van der Waals surface area contributed by atoms with Gasteiger partial charge >= 0.3 is 0 Å². The molecule has 1 atom stereocenters. The minimum Gasteiger partial charge on any atom is -0.409 e. The van der Waals surface area contributed by atoms with Gasteiger partial charge in [0, 0.05) is 17.9 Å². The van der Waals surface area contributed by atoms with Gasteiger partial charge in [-0.15, -0.1) is 0 Å². The molecule has 1 fully saturated rings. The van der Waals surface area contributed by atoms with Crippen molar-refractivity contribution in [2.75, 3.05) is 6.54 Å². The normalized spacial score (nSPS) is 21.2. The first-order valence-electron chi connectivity index (χ1n) is 6.31. The first kappa shape index (κ1) is 13.8.